The Kier molecular flexibility index (Phi) is 12.9. The van der Waals surface area contributed by atoms with Gasteiger partial charge in [0.25, 0.3) is 0 Å². The van der Waals surface area contributed by atoms with E-state index in [2.05, 4.69) is 207 Å². The molecular formula is C59H73N. The molecule has 0 fully saturated rings. The van der Waals surface area contributed by atoms with Crippen LogP contribution in [0.4, 0.5) is 0 Å². The Hall–Kier alpha value is -4.62. The average molecular weight is 796 g/mol. The van der Waals surface area contributed by atoms with Crippen molar-refractivity contribution in [3.05, 3.63) is 150 Å². The number of nitrogens with zero attached hydrogens (tertiary/aromatic N) is 1. The molecule has 2 atom stereocenters. The highest BCUT2D eigenvalue weighted by Crippen LogP contribution is 2.60. The first kappa shape index (κ1) is 43.5. The van der Waals surface area contributed by atoms with Gasteiger partial charge in [0.1, 0.15) is 0 Å². The summed E-state index contributed by atoms with van der Waals surface area (Å²) in [7, 11) is 0. The van der Waals surface area contributed by atoms with Crippen LogP contribution >= 0.6 is 0 Å². The standard InChI is InChI=1S/C59H73N/c1-11-14-38-56(4,5)42-44-31-37-54-51(41-44)49-27-18-19-28-52(49)60(54)53-29-22-26-47-32-30-43(40-50(47)53)23-20-21-39-58(8,9)59(10,13-3)55(57(6,7)12-2)48-35-33-46(34-36-48)45-24-16-15-17-25-45/h15-19,22,24-37,40-41,55H,11-14,20-21,23,38-39,42H2,1-10H3. The SMILES string of the molecule is CCCCC(C)(C)Cc1ccc2c(c1)c1ccccc1n2-c1cccc2ccc(CCCCC(C)(C)C(C)(CC)C(c3ccc(-c4ccccc4)cc3)C(C)(C)CC)cc12. The minimum atomic E-state index is 0.132. The molecule has 0 aliphatic heterocycles. The lowest BCUT2D eigenvalue weighted by Gasteiger charge is -2.55. The van der Waals surface area contributed by atoms with Crippen molar-refractivity contribution in [3.8, 4) is 16.8 Å². The molecule has 60 heavy (non-hydrogen) atoms. The Morgan fingerprint density at radius 3 is 1.90 bits per heavy atom. The lowest BCUT2D eigenvalue weighted by Crippen LogP contribution is -2.45. The normalized spacial score (nSPS) is 14.2. The van der Waals surface area contributed by atoms with E-state index in [1.807, 2.05) is 0 Å². The highest BCUT2D eigenvalue weighted by atomic mass is 15.0. The molecule has 0 aliphatic carbocycles. The molecule has 0 N–H and O–H groups in total. The average Bonchev–Trinajstić information content (AvgIpc) is 3.57. The molecule has 6 aromatic carbocycles. The first-order chi connectivity index (χ1) is 28.7. The number of rotatable bonds is 18. The number of para-hydroxylation sites is 1. The summed E-state index contributed by atoms with van der Waals surface area (Å²) in [4.78, 5) is 0. The minimum absolute atomic E-state index is 0.132. The van der Waals surface area contributed by atoms with E-state index in [1.165, 1.54) is 105 Å². The van der Waals surface area contributed by atoms with Crippen molar-refractivity contribution in [3.63, 3.8) is 0 Å². The smallest absolute Gasteiger partial charge is 0.0541 e. The van der Waals surface area contributed by atoms with Crippen LogP contribution < -0.4 is 0 Å². The monoisotopic (exact) mass is 796 g/mol. The lowest BCUT2D eigenvalue weighted by molar-refractivity contribution is -0.00886. The molecule has 0 spiro atoms. The van der Waals surface area contributed by atoms with Gasteiger partial charge >= 0.3 is 0 Å². The van der Waals surface area contributed by atoms with Crippen LogP contribution in [0.5, 0.6) is 0 Å². The summed E-state index contributed by atoms with van der Waals surface area (Å²) in [6, 6.07) is 50.8. The molecule has 1 heteroatoms. The molecule has 0 saturated heterocycles. The summed E-state index contributed by atoms with van der Waals surface area (Å²) in [6.07, 6.45) is 11.9. The van der Waals surface area contributed by atoms with Crippen molar-refractivity contribution in [1.29, 1.82) is 0 Å². The fraction of sp³-hybridized carbons (Fsp3) is 0.424. The number of unbranched alkanes of at least 4 members (excludes halogenated alkanes) is 2. The van der Waals surface area contributed by atoms with E-state index in [1.54, 1.807) is 0 Å². The van der Waals surface area contributed by atoms with Crippen molar-refractivity contribution in [2.75, 3.05) is 0 Å². The maximum absolute atomic E-state index is 2.61. The Morgan fingerprint density at radius 2 is 1.18 bits per heavy atom. The molecular weight excluding hydrogens is 723 g/mol. The zero-order valence-corrected chi connectivity index (χ0v) is 38.8. The van der Waals surface area contributed by atoms with Crippen molar-refractivity contribution in [2.24, 2.45) is 21.7 Å². The van der Waals surface area contributed by atoms with Crippen LogP contribution in [0, 0.1) is 21.7 Å². The van der Waals surface area contributed by atoms with Crippen LogP contribution in [0.15, 0.2) is 133 Å². The number of fused-ring (bicyclic) bond motifs is 4. The summed E-state index contributed by atoms with van der Waals surface area (Å²) in [5.41, 5.74) is 11.6. The van der Waals surface area contributed by atoms with E-state index < -0.39 is 0 Å². The van der Waals surface area contributed by atoms with Gasteiger partial charge in [-0.05, 0) is 130 Å². The number of aryl methyl sites for hydroxylation is 1. The molecule has 7 rings (SSSR count). The second kappa shape index (κ2) is 17.8. The second-order valence-corrected chi connectivity index (χ2v) is 20.6. The van der Waals surface area contributed by atoms with E-state index in [0.717, 1.165) is 25.7 Å². The van der Waals surface area contributed by atoms with Gasteiger partial charge in [-0.1, -0.05) is 198 Å². The molecule has 1 aromatic heterocycles. The van der Waals surface area contributed by atoms with Crippen LogP contribution in [-0.4, -0.2) is 4.57 Å². The van der Waals surface area contributed by atoms with E-state index in [0.29, 0.717) is 11.3 Å². The van der Waals surface area contributed by atoms with E-state index in [4.69, 9.17) is 0 Å². The van der Waals surface area contributed by atoms with Gasteiger partial charge in [0.05, 0.1) is 16.7 Å². The third-order valence-corrected chi connectivity index (χ3v) is 15.3. The quantitative estimate of drug-likeness (QED) is 0.0763. The molecule has 0 aliphatic rings. The van der Waals surface area contributed by atoms with Crippen LogP contribution in [0.25, 0.3) is 49.4 Å². The number of hydrogen-bond acceptors (Lipinski definition) is 0. The molecule has 2 unspecified atom stereocenters. The van der Waals surface area contributed by atoms with Gasteiger partial charge in [-0.2, -0.15) is 0 Å². The van der Waals surface area contributed by atoms with Crippen LogP contribution in [0.3, 0.4) is 0 Å². The van der Waals surface area contributed by atoms with Crippen molar-refractivity contribution in [1.82, 2.24) is 4.57 Å². The van der Waals surface area contributed by atoms with Crippen LogP contribution in [0.1, 0.15) is 143 Å². The largest absolute Gasteiger partial charge is 0.309 e. The highest BCUT2D eigenvalue weighted by Gasteiger charge is 2.50. The second-order valence-electron chi connectivity index (χ2n) is 20.6. The van der Waals surface area contributed by atoms with Gasteiger partial charge in [0.2, 0.25) is 0 Å². The number of benzene rings is 6. The van der Waals surface area contributed by atoms with Crippen molar-refractivity contribution < 1.29 is 0 Å². The first-order valence-corrected chi connectivity index (χ1v) is 23.4. The molecule has 0 radical (unpaired) electrons. The van der Waals surface area contributed by atoms with Crippen LogP contribution in [0.2, 0.25) is 0 Å². The first-order valence-electron chi connectivity index (χ1n) is 23.4. The predicted octanol–water partition coefficient (Wildman–Crippen LogP) is 17.7. The van der Waals surface area contributed by atoms with Gasteiger partial charge < -0.3 is 4.57 Å². The molecule has 0 bridgehead atoms. The van der Waals surface area contributed by atoms with Gasteiger partial charge in [0, 0.05) is 16.2 Å². The fourth-order valence-corrected chi connectivity index (χ4v) is 11.0. The zero-order valence-electron chi connectivity index (χ0n) is 38.8. The molecule has 0 saturated carbocycles. The Balaban J connectivity index is 1.12. The number of hydrogen-bond donors (Lipinski definition) is 0. The van der Waals surface area contributed by atoms with Crippen molar-refractivity contribution >= 4 is 32.6 Å². The highest BCUT2D eigenvalue weighted by molar-refractivity contribution is 6.10. The Bertz CT molecular complexity index is 2510. The van der Waals surface area contributed by atoms with Gasteiger partial charge in [-0.25, -0.2) is 0 Å². The summed E-state index contributed by atoms with van der Waals surface area (Å²) in [5.74, 6) is 0.448. The van der Waals surface area contributed by atoms with Gasteiger partial charge in [-0.3, -0.25) is 0 Å². The summed E-state index contributed by atoms with van der Waals surface area (Å²) >= 11 is 0. The third-order valence-electron chi connectivity index (χ3n) is 15.3. The van der Waals surface area contributed by atoms with Gasteiger partial charge in [-0.15, -0.1) is 0 Å². The topological polar surface area (TPSA) is 4.93 Å². The Labute approximate surface area is 363 Å². The zero-order chi connectivity index (χ0) is 42.7. The van der Waals surface area contributed by atoms with E-state index >= 15 is 0 Å². The minimum Gasteiger partial charge on any atom is -0.309 e. The number of aromatic nitrogens is 1. The van der Waals surface area contributed by atoms with Crippen LogP contribution in [-0.2, 0) is 12.8 Å². The molecule has 1 heterocycles. The summed E-state index contributed by atoms with van der Waals surface area (Å²) < 4.78 is 2.53. The maximum atomic E-state index is 2.61. The fourth-order valence-electron chi connectivity index (χ4n) is 11.0. The molecule has 1 nitrogen and oxygen atoms in total. The van der Waals surface area contributed by atoms with E-state index in [9.17, 15) is 0 Å². The maximum Gasteiger partial charge on any atom is 0.0541 e. The lowest BCUT2D eigenvalue weighted by atomic mass is 9.49. The molecule has 7 aromatic rings. The Morgan fingerprint density at radius 1 is 0.517 bits per heavy atom. The van der Waals surface area contributed by atoms with Crippen molar-refractivity contribution in [2.45, 2.75) is 139 Å². The van der Waals surface area contributed by atoms with E-state index in [-0.39, 0.29) is 16.2 Å². The third kappa shape index (κ3) is 8.75. The molecule has 0 amide bonds. The summed E-state index contributed by atoms with van der Waals surface area (Å²) in [6.45, 7) is 24.8. The predicted molar refractivity (Wildman–Crippen MR) is 264 cm³/mol. The summed E-state index contributed by atoms with van der Waals surface area (Å²) in [5, 5.41) is 5.34. The van der Waals surface area contributed by atoms with Gasteiger partial charge in [0.15, 0.2) is 0 Å². The molecule has 314 valence electrons.